The number of aliphatic hydroxyl groups excluding tert-OH is 1. The minimum absolute atomic E-state index is 0.109. The number of carbonyl (C=O) groups excluding carboxylic acids is 1. The summed E-state index contributed by atoms with van der Waals surface area (Å²) in [6, 6.07) is 11.1. The molecule has 3 nitrogen and oxygen atoms in total. The van der Waals surface area contributed by atoms with Crippen molar-refractivity contribution in [3.63, 3.8) is 0 Å². The van der Waals surface area contributed by atoms with Gasteiger partial charge >= 0.3 is 0 Å². The molecule has 20 heavy (non-hydrogen) atoms. The van der Waals surface area contributed by atoms with Gasteiger partial charge in [-0.25, -0.2) is 0 Å². The highest BCUT2D eigenvalue weighted by molar-refractivity contribution is 7.14. The smallest absolute Gasteiger partial charge is 0.265 e. The summed E-state index contributed by atoms with van der Waals surface area (Å²) in [7, 11) is 0. The molecule has 0 radical (unpaired) electrons. The van der Waals surface area contributed by atoms with Crippen molar-refractivity contribution < 1.29 is 9.90 Å². The fourth-order valence-corrected chi connectivity index (χ4v) is 2.54. The van der Waals surface area contributed by atoms with Crippen LogP contribution in [0.15, 0.2) is 36.4 Å². The highest BCUT2D eigenvalue weighted by Gasteiger charge is 2.09. The Morgan fingerprint density at radius 3 is 2.90 bits per heavy atom. The number of carbonyl (C=O) groups is 1. The average Bonchev–Trinajstić information content (AvgIpc) is 2.94. The summed E-state index contributed by atoms with van der Waals surface area (Å²) < 4.78 is 0. The Labute approximate surface area is 122 Å². The first-order valence-corrected chi connectivity index (χ1v) is 7.14. The van der Waals surface area contributed by atoms with Crippen molar-refractivity contribution in [2.45, 2.75) is 13.3 Å². The largest absolute Gasteiger partial charge is 0.384 e. The molecule has 0 aliphatic heterocycles. The van der Waals surface area contributed by atoms with Gasteiger partial charge in [-0.05, 0) is 36.8 Å². The minimum atomic E-state index is -0.175. The molecule has 0 fully saturated rings. The van der Waals surface area contributed by atoms with Crippen molar-refractivity contribution in [2.75, 3.05) is 11.9 Å². The first-order valence-electron chi connectivity index (χ1n) is 6.32. The molecular weight excluding hydrogens is 270 g/mol. The van der Waals surface area contributed by atoms with Gasteiger partial charge in [-0.1, -0.05) is 24.8 Å². The molecule has 2 aromatic rings. The van der Waals surface area contributed by atoms with Gasteiger partial charge in [-0.15, -0.1) is 11.3 Å². The van der Waals surface area contributed by atoms with Crippen LogP contribution in [0.25, 0.3) is 0 Å². The van der Waals surface area contributed by atoms with Crippen LogP contribution in [0.1, 0.15) is 27.0 Å². The van der Waals surface area contributed by atoms with Gasteiger partial charge in [0.2, 0.25) is 0 Å². The molecule has 1 aromatic heterocycles. The van der Waals surface area contributed by atoms with Gasteiger partial charge in [0, 0.05) is 16.1 Å². The monoisotopic (exact) mass is 285 g/mol. The number of hydrogen-bond donors (Lipinski definition) is 2. The molecule has 0 saturated carbocycles. The molecule has 0 saturated heterocycles. The Kier molecular flexibility index (Phi) is 4.94. The third-order valence-corrected chi connectivity index (χ3v) is 3.89. The first-order chi connectivity index (χ1) is 9.72. The summed E-state index contributed by atoms with van der Waals surface area (Å²) in [5.74, 6) is 5.29. The van der Waals surface area contributed by atoms with E-state index in [9.17, 15) is 4.79 Å². The number of aliphatic hydroxyl groups is 1. The molecule has 0 atom stereocenters. The number of amides is 1. The molecule has 1 heterocycles. The van der Waals surface area contributed by atoms with Crippen molar-refractivity contribution in [2.24, 2.45) is 0 Å². The zero-order valence-electron chi connectivity index (χ0n) is 11.1. The average molecular weight is 285 g/mol. The Morgan fingerprint density at radius 1 is 1.35 bits per heavy atom. The van der Waals surface area contributed by atoms with Gasteiger partial charge in [-0.2, -0.15) is 0 Å². The molecule has 102 valence electrons. The quantitative estimate of drug-likeness (QED) is 0.852. The SMILES string of the molecule is CCc1ccc(C(=O)Nc2cccc(C#CCO)c2)s1. The molecule has 1 amide bonds. The van der Waals surface area contributed by atoms with E-state index in [4.69, 9.17) is 5.11 Å². The lowest BCUT2D eigenvalue weighted by atomic mass is 10.2. The van der Waals surface area contributed by atoms with Gasteiger partial charge < -0.3 is 10.4 Å². The Morgan fingerprint density at radius 2 is 2.20 bits per heavy atom. The van der Waals surface area contributed by atoms with Gasteiger partial charge in [-0.3, -0.25) is 4.79 Å². The maximum absolute atomic E-state index is 12.1. The third-order valence-electron chi connectivity index (χ3n) is 2.67. The zero-order chi connectivity index (χ0) is 14.4. The van der Waals surface area contributed by atoms with Crippen molar-refractivity contribution in [1.82, 2.24) is 0 Å². The van der Waals surface area contributed by atoms with E-state index in [-0.39, 0.29) is 12.5 Å². The van der Waals surface area contributed by atoms with Crippen molar-refractivity contribution in [3.05, 3.63) is 51.7 Å². The molecule has 2 N–H and O–H groups in total. The number of benzene rings is 1. The van der Waals surface area contributed by atoms with E-state index >= 15 is 0 Å². The lowest BCUT2D eigenvalue weighted by molar-refractivity contribution is 0.103. The lowest BCUT2D eigenvalue weighted by Gasteiger charge is -2.03. The molecular formula is C16H15NO2S. The van der Waals surface area contributed by atoms with E-state index < -0.39 is 0 Å². The van der Waals surface area contributed by atoms with Gasteiger partial charge in [0.05, 0.1) is 4.88 Å². The Balaban J connectivity index is 2.11. The molecule has 0 aliphatic carbocycles. The van der Waals surface area contributed by atoms with Crippen LogP contribution in [0, 0.1) is 11.8 Å². The summed E-state index contributed by atoms with van der Waals surface area (Å²) in [6.45, 7) is 1.89. The third kappa shape index (κ3) is 3.70. The van der Waals surface area contributed by atoms with E-state index in [2.05, 4.69) is 24.1 Å². The van der Waals surface area contributed by atoms with Crippen LogP contribution >= 0.6 is 11.3 Å². The first kappa shape index (κ1) is 14.3. The molecule has 4 heteroatoms. The highest BCUT2D eigenvalue weighted by Crippen LogP contribution is 2.19. The van der Waals surface area contributed by atoms with Crippen LogP contribution in [0.5, 0.6) is 0 Å². The summed E-state index contributed by atoms with van der Waals surface area (Å²) >= 11 is 1.51. The second-order valence-electron chi connectivity index (χ2n) is 4.11. The van der Waals surface area contributed by atoms with Crippen LogP contribution < -0.4 is 5.32 Å². The van der Waals surface area contributed by atoms with Crippen molar-refractivity contribution in [3.8, 4) is 11.8 Å². The minimum Gasteiger partial charge on any atom is -0.384 e. The maximum Gasteiger partial charge on any atom is 0.265 e. The van der Waals surface area contributed by atoms with Gasteiger partial charge in [0.1, 0.15) is 6.61 Å². The van der Waals surface area contributed by atoms with Crippen molar-refractivity contribution >= 4 is 22.9 Å². The predicted molar refractivity (Wildman–Crippen MR) is 82.1 cm³/mol. The fourth-order valence-electron chi connectivity index (χ4n) is 1.70. The summed E-state index contributed by atoms with van der Waals surface area (Å²) in [6.07, 6.45) is 0.935. The predicted octanol–water partition coefficient (Wildman–Crippen LogP) is 2.91. The molecule has 0 aliphatic rings. The Hall–Kier alpha value is -2.09. The normalized spacial score (nSPS) is 9.70. The molecule has 0 spiro atoms. The molecule has 2 rings (SSSR count). The van der Waals surface area contributed by atoms with Crippen LogP contribution in [-0.2, 0) is 6.42 Å². The van der Waals surface area contributed by atoms with Gasteiger partial charge in [0.25, 0.3) is 5.91 Å². The number of nitrogens with one attached hydrogen (secondary N) is 1. The van der Waals surface area contributed by atoms with E-state index in [0.717, 1.165) is 12.0 Å². The van der Waals surface area contributed by atoms with Crippen LogP contribution in [0.2, 0.25) is 0 Å². The molecule has 0 unspecified atom stereocenters. The summed E-state index contributed by atoms with van der Waals surface area (Å²) in [5, 5.41) is 11.5. The number of hydrogen-bond acceptors (Lipinski definition) is 3. The standard InChI is InChI=1S/C16H15NO2S/c1-2-14-8-9-15(20-14)16(19)17-13-7-3-5-12(11-13)6-4-10-18/h3,5,7-9,11,18H,2,10H2,1H3,(H,17,19). The number of aryl methyl sites for hydroxylation is 1. The van der Waals surface area contributed by atoms with E-state index in [0.29, 0.717) is 10.6 Å². The van der Waals surface area contributed by atoms with Gasteiger partial charge in [0.15, 0.2) is 0 Å². The Bertz CT molecular complexity index is 664. The number of rotatable bonds is 3. The van der Waals surface area contributed by atoms with Crippen LogP contribution in [0.3, 0.4) is 0 Å². The van der Waals surface area contributed by atoms with Crippen molar-refractivity contribution in [1.29, 1.82) is 0 Å². The second kappa shape index (κ2) is 6.90. The maximum atomic E-state index is 12.1. The molecule has 1 aromatic carbocycles. The van der Waals surface area contributed by atoms with Crippen LogP contribution in [-0.4, -0.2) is 17.6 Å². The zero-order valence-corrected chi connectivity index (χ0v) is 12.0. The number of anilines is 1. The summed E-state index contributed by atoms with van der Waals surface area (Å²) in [5.41, 5.74) is 1.46. The van der Waals surface area contributed by atoms with Crippen LogP contribution in [0.4, 0.5) is 5.69 Å². The van der Waals surface area contributed by atoms with E-state index in [1.165, 1.54) is 16.2 Å². The number of thiophene rings is 1. The lowest BCUT2D eigenvalue weighted by Crippen LogP contribution is -2.10. The van der Waals surface area contributed by atoms with E-state index in [1.54, 1.807) is 6.07 Å². The highest BCUT2D eigenvalue weighted by atomic mass is 32.1. The topological polar surface area (TPSA) is 49.3 Å². The summed E-state index contributed by atoms with van der Waals surface area (Å²) in [4.78, 5) is 14.0. The molecule has 0 bridgehead atoms. The second-order valence-corrected chi connectivity index (χ2v) is 5.28. The van der Waals surface area contributed by atoms with E-state index in [1.807, 2.05) is 30.3 Å². The fraction of sp³-hybridized carbons (Fsp3) is 0.188.